The van der Waals surface area contributed by atoms with Crippen LogP contribution in [0.4, 0.5) is 4.79 Å². The van der Waals surface area contributed by atoms with Gasteiger partial charge < -0.3 is 21.3 Å². The Morgan fingerprint density at radius 1 is 1.64 bits per heavy atom. The van der Waals surface area contributed by atoms with Gasteiger partial charge in [-0.05, 0) is 0 Å². The van der Waals surface area contributed by atoms with Crippen LogP contribution < -0.4 is 11.5 Å². The third-order valence-corrected chi connectivity index (χ3v) is 0.381. The molecule has 0 bridgehead atoms. The van der Waals surface area contributed by atoms with E-state index in [9.17, 15) is 4.79 Å². The largest absolute Gasteiger partial charge is 0.465 e. The van der Waals surface area contributed by atoms with Gasteiger partial charge in [-0.15, -0.1) is 0 Å². The van der Waals surface area contributed by atoms with Crippen molar-refractivity contribution < 1.29 is 19.4 Å². The van der Waals surface area contributed by atoms with E-state index in [4.69, 9.17) is 15.6 Å². The number of carbonyl (C=O) groups excluding carboxylic acids is 1. The monoisotopic (exact) mass is 162 g/mol. The summed E-state index contributed by atoms with van der Waals surface area (Å²) in [5.74, 6) is -0.463. The highest BCUT2D eigenvalue weighted by Gasteiger charge is 1.90. The van der Waals surface area contributed by atoms with Crippen molar-refractivity contribution in [2.24, 2.45) is 11.5 Å². The fraction of sp³-hybridized carbons (Fsp3) is 0.200. The first-order valence-electron chi connectivity index (χ1n) is 2.53. The van der Waals surface area contributed by atoms with Gasteiger partial charge in [-0.25, -0.2) is 4.79 Å². The number of ether oxygens (including phenoxy) is 1. The number of primary amides is 1. The van der Waals surface area contributed by atoms with E-state index in [1.807, 2.05) is 0 Å². The molecular formula is C5H10N2O4. The van der Waals surface area contributed by atoms with E-state index in [1.54, 1.807) is 0 Å². The smallest absolute Gasteiger partial charge is 0.402 e. The Morgan fingerprint density at radius 2 is 2.00 bits per heavy atom. The molecule has 64 valence electrons. The van der Waals surface area contributed by atoms with Crippen molar-refractivity contribution >= 4 is 12.1 Å². The first-order valence-corrected chi connectivity index (χ1v) is 2.53. The molecule has 0 aliphatic rings. The van der Waals surface area contributed by atoms with Crippen molar-refractivity contribution in [2.45, 2.75) is 0 Å². The zero-order valence-electron chi connectivity index (χ0n) is 5.82. The zero-order valence-corrected chi connectivity index (χ0v) is 5.82. The van der Waals surface area contributed by atoms with Gasteiger partial charge in [-0.3, -0.25) is 4.79 Å². The van der Waals surface area contributed by atoms with Gasteiger partial charge in [0.15, 0.2) is 0 Å². The lowest BCUT2D eigenvalue weighted by Gasteiger charge is -1.89. The van der Waals surface area contributed by atoms with Crippen molar-refractivity contribution in [2.75, 3.05) is 6.54 Å². The van der Waals surface area contributed by atoms with Crippen LogP contribution >= 0.6 is 0 Å². The Kier molecular flexibility index (Phi) is 9.32. The molecule has 0 rings (SSSR count). The maximum atomic E-state index is 9.99. The first-order chi connectivity index (χ1) is 5.04. The fourth-order valence-electron chi connectivity index (χ4n) is 0.141. The zero-order chi connectivity index (χ0) is 9.28. The third kappa shape index (κ3) is 29.6. The average Bonchev–Trinajstić information content (AvgIpc) is 1.87. The number of hydrogen-bond donors (Lipinski definition) is 3. The molecule has 0 spiro atoms. The Balaban J connectivity index is 0. The molecule has 0 saturated heterocycles. The maximum absolute atomic E-state index is 9.99. The van der Waals surface area contributed by atoms with Crippen LogP contribution in [-0.2, 0) is 9.53 Å². The van der Waals surface area contributed by atoms with Crippen LogP contribution in [0.5, 0.6) is 0 Å². The van der Waals surface area contributed by atoms with Crippen LogP contribution in [0.3, 0.4) is 0 Å². The molecule has 6 heteroatoms. The summed E-state index contributed by atoms with van der Waals surface area (Å²) in [5, 5.41) is 7.19. The summed E-state index contributed by atoms with van der Waals surface area (Å²) in [6, 6.07) is 0. The third-order valence-electron chi connectivity index (χ3n) is 0.381. The van der Waals surface area contributed by atoms with Crippen LogP contribution in [-0.4, -0.2) is 23.7 Å². The molecule has 0 heterocycles. The van der Waals surface area contributed by atoms with Crippen molar-refractivity contribution in [1.82, 2.24) is 0 Å². The first kappa shape index (κ1) is 12.1. The fourth-order valence-corrected chi connectivity index (χ4v) is 0.141. The maximum Gasteiger partial charge on any atom is 0.402 e. The number of esters is 1. The minimum Gasteiger partial charge on any atom is -0.465 e. The van der Waals surface area contributed by atoms with E-state index in [0.717, 1.165) is 6.26 Å². The van der Waals surface area contributed by atoms with Crippen molar-refractivity contribution in [3.63, 3.8) is 0 Å². The summed E-state index contributed by atoms with van der Waals surface area (Å²) in [7, 11) is 0. The Labute approximate surface area is 63.4 Å². The SMILES string of the molecule is C=COC(=O)CN.NC(=O)O. The molecule has 0 aromatic carbocycles. The Bertz CT molecular complexity index is 141. The van der Waals surface area contributed by atoms with Gasteiger partial charge in [0.2, 0.25) is 0 Å². The molecule has 0 radical (unpaired) electrons. The van der Waals surface area contributed by atoms with E-state index in [-0.39, 0.29) is 6.54 Å². The quantitative estimate of drug-likeness (QED) is 0.365. The molecule has 0 aromatic rings. The predicted octanol–water partition coefficient (Wildman–Crippen LogP) is -0.745. The highest BCUT2D eigenvalue weighted by Crippen LogP contribution is 1.70. The number of hydrogen-bond acceptors (Lipinski definition) is 4. The Morgan fingerprint density at radius 3 is 2.09 bits per heavy atom. The summed E-state index contributed by atoms with van der Waals surface area (Å²) in [6.45, 7) is 3.06. The minimum atomic E-state index is -1.33. The van der Waals surface area contributed by atoms with Gasteiger partial charge in [-0.2, -0.15) is 0 Å². The van der Waals surface area contributed by atoms with Gasteiger partial charge in [0, 0.05) is 0 Å². The molecule has 0 atom stereocenters. The van der Waals surface area contributed by atoms with E-state index in [2.05, 4.69) is 17.0 Å². The van der Waals surface area contributed by atoms with E-state index >= 15 is 0 Å². The van der Waals surface area contributed by atoms with Gasteiger partial charge in [0.25, 0.3) is 0 Å². The second-order valence-electron chi connectivity index (χ2n) is 1.20. The number of rotatable bonds is 2. The average molecular weight is 162 g/mol. The van der Waals surface area contributed by atoms with Gasteiger partial charge in [0.1, 0.15) is 0 Å². The number of amides is 1. The molecule has 0 aromatic heterocycles. The van der Waals surface area contributed by atoms with E-state index < -0.39 is 12.1 Å². The van der Waals surface area contributed by atoms with Crippen LogP contribution in [0.25, 0.3) is 0 Å². The summed E-state index contributed by atoms with van der Waals surface area (Å²) in [5.41, 5.74) is 8.86. The molecule has 0 aliphatic carbocycles. The molecule has 0 aliphatic heterocycles. The van der Waals surface area contributed by atoms with Crippen molar-refractivity contribution in [3.8, 4) is 0 Å². The number of carbonyl (C=O) groups is 2. The van der Waals surface area contributed by atoms with Gasteiger partial charge in [-0.1, -0.05) is 6.58 Å². The summed E-state index contributed by atoms with van der Waals surface area (Å²) in [4.78, 5) is 18.8. The summed E-state index contributed by atoms with van der Waals surface area (Å²) in [6.07, 6.45) is -0.283. The number of carboxylic acid groups (broad SMARTS) is 1. The molecule has 0 saturated carbocycles. The standard InChI is InChI=1S/C4H7NO2.CH3NO2/c1-2-7-4(6)3-5;2-1(3)4/h2H,1,3,5H2;2H2,(H,3,4). The highest BCUT2D eigenvalue weighted by atomic mass is 16.5. The van der Waals surface area contributed by atoms with Gasteiger partial charge >= 0.3 is 12.1 Å². The van der Waals surface area contributed by atoms with E-state index in [1.165, 1.54) is 0 Å². The topological polar surface area (TPSA) is 116 Å². The molecule has 11 heavy (non-hydrogen) atoms. The Hall–Kier alpha value is -1.56. The molecular weight excluding hydrogens is 152 g/mol. The minimum absolute atomic E-state index is 0.0913. The van der Waals surface area contributed by atoms with Gasteiger partial charge in [0.05, 0.1) is 12.8 Å². The summed E-state index contributed by atoms with van der Waals surface area (Å²) < 4.78 is 4.19. The van der Waals surface area contributed by atoms with Crippen molar-refractivity contribution in [1.29, 1.82) is 0 Å². The second kappa shape index (κ2) is 8.44. The van der Waals surface area contributed by atoms with Crippen LogP contribution in [0, 0.1) is 0 Å². The summed E-state index contributed by atoms with van der Waals surface area (Å²) >= 11 is 0. The van der Waals surface area contributed by atoms with Crippen LogP contribution in [0.1, 0.15) is 0 Å². The predicted molar refractivity (Wildman–Crippen MR) is 37.6 cm³/mol. The number of nitrogens with two attached hydrogens (primary N) is 2. The van der Waals surface area contributed by atoms with E-state index in [0.29, 0.717) is 0 Å². The highest BCUT2D eigenvalue weighted by molar-refractivity contribution is 5.71. The van der Waals surface area contributed by atoms with Crippen LogP contribution in [0.15, 0.2) is 12.8 Å². The molecule has 1 amide bonds. The normalized spacial score (nSPS) is 7.00. The second-order valence-corrected chi connectivity index (χ2v) is 1.20. The van der Waals surface area contributed by atoms with Crippen molar-refractivity contribution in [3.05, 3.63) is 12.8 Å². The molecule has 0 fully saturated rings. The molecule has 6 nitrogen and oxygen atoms in total. The van der Waals surface area contributed by atoms with Crippen LogP contribution in [0.2, 0.25) is 0 Å². The molecule has 5 N–H and O–H groups in total. The lowest BCUT2D eigenvalue weighted by Crippen LogP contribution is -2.13. The molecule has 0 unspecified atom stereocenters. The lowest BCUT2D eigenvalue weighted by atomic mass is 10.7. The lowest BCUT2D eigenvalue weighted by molar-refractivity contribution is -0.136.